The predicted molar refractivity (Wildman–Crippen MR) is 49.2 cm³/mol. The monoisotopic (exact) mass is 184 g/mol. The Hall–Kier alpha value is -1.06. The third-order valence-electron chi connectivity index (χ3n) is 2.57. The topological polar surface area (TPSA) is 40.6 Å². The lowest BCUT2D eigenvalue weighted by Crippen LogP contribution is -2.41. The molecule has 0 bridgehead atoms. The van der Waals surface area contributed by atoms with E-state index in [0.29, 0.717) is 6.54 Å². The third-order valence-corrected chi connectivity index (χ3v) is 2.57. The molecule has 0 N–H and O–H groups in total. The van der Waals surface area contributed by atoms with Crippen LogP contribution in [0.2, 0.25) is 0 Å². The van der Waals surface area contributed by atoms with Crippen molar-refractivity contribution in [3.05, 3.63) is 0 Å². The van der Waals surface area contributed by atoms with Crippen molar-refractivity contribution in [2.75, 3.05) is 13.6 Å². The van der Waals surface area contributed by atoms with Gasteiger partial charge in [0, 0.05) is 13.6 Å². The van der Waals surface area contributed by atoms with Crippen LogP contribution in [0.3, 0.4) is 0 Å². The average Bonchev–Trinajstić information content (AvgIpc) is 2.21. The molecule has 4 nitrogen and oxygen atoms in total. The zero-order valence-electron chi connectivity index (χ0n) is 8.63. The van der Waals surface area contributed by atoms with Crippen molar-refractivity contribution in [1.82, 2.24) is 9.80 Å². The Labute approximate surface area is 78.5 Å². The summed E-state index contributed by atoms with van der Waals surface area (Å²) < 4.78 is 0. The molecule has 1 heterocycles. The smallest absolute Gasteiger partial charge is 0.313 e. The number of imide groups is 1. The van der Waals surface area contributed by atoms with E-state index in [0.717, 1.165) is 6.42 Å². The third kappa shape index (κ3) is 1.30. The van der Waals surface area contributed by atoms with Crippen LogP contribution in [0, 0.1) is 0 Å². The maximum atomic E-state index is 11.7. The molecule has 0 spiro atoms. The fourth-order valence-corrected chi connectivity index (χ4v) is 1.40. The van der Waals surface area contributed by atoms with Crippen molar-refractivity contribution in [2.24, 2.45) is 0 Å². The maximum absolute atomic E-state index is 11.7. The number of hydrogen-bond donors (Lipinski definition) is 0. The number of rotatable bonds is 2. The van der Waals surface area contributed by atoms with Gasteiger partial charge in [-0.25, -0.2) is 4.79 Å². The van der Waals surface area contributed by atoms with Crippen LogP contribution in [0.5, 0.6) is 0 Å². The average molecular weight is 184 g/mol. The van der Waals surface area contributed by atoms with Gasteiger partial charge in [-0.1, -0.05) is 6.92 Å². The maximum Gasteiger partial charge on any atom is 0.327 e. The van der Waals surface area contributed by atoms with Crippen LogP contribution in [0.25, 0.3) is 0 Å². The fourth-order valence-electron chi connectivity index (χ4n) is 1.40. The van der Waals surface area contributed by atoms with E-state index in [1.807, 2.05) is 6.92 Å². The SMILES string of the molecule is CCCN1C(=O)N(C)C(C)(C)C1=O. The summed E-state index contributed by atoms with van der Waals surface area (Å²) in [7, 11) is 1.66. The Morgan fingerprint density at radius 3 is 2.15 bits per heavy atom. The van der Waals surface area contributed by atoms with Gasteiger partial charge >= 0.3 is 6.03 Å². The molecule has 1 fully saturated rings. The first kappa shape index (κ1) is 10.0. The van der Waals surface area contributed by atoms with Gasteiger partial charge in [0.25, 0.3) is 5.91 Å². The van der Waals surface area contributed by atoms with E-state index in [1.165, 1.54) is 9.80 Å². The quantitative estimate of drug-likeness (QED) is 0.602. The van der Waals surface area contributed by atoms with E-state index >= 15 is 0 Å². The van der Waals surface area contributed by atoms with Crippen molar-refractivity contribution in [1.29, 1.82) is 0 Å². The molecule has 0 aromatic carbocycles. The summed E-state index contributed by atoms with van der Waals surface area (Å²) in [4.78, 5) is 26.1. The first-order valence-electron chi connectivity index (χ1n) is 4.52. The molecule has 13 heavy (non-hydrogen) atoms. The molecule has 0 aromatic heterocycles. The largest absolute Gasteiger partial charge is 0.327 e. The predicted octanol–water partition coefficient (Wildman–Crippen LogP) is 1.07. The van der Waals surface area contributed by atoms with Gasteiger partial charge in [0.1, 0.15) is 5.54 Å². The van der Waals surface area contributed by atoms with Gasteiger partial charge in [-0.2, -0.15) is 0 Å². The molecular formula is C9H16N2O2. The van der Waals surface area contributed by atoms with Gasteiger partial charge in [-0.3, -0.25) is 9.69 Å². The minimum Gasteiger partial charge on any atom is -0.313 e. The van der Waals surface area contributed by atoms with Gasteiger partial charge in [-0.05, 0) is 20.3 Å². The zero-order chi connectivity index (χ0) is 10.2. The number of carbonyl (C=O) groups is 2. The Morgan fingerprint density at radius 1 is 1.31 bits per heavy atom. The minimum atomic E-state index is -0.674. The molecule has 4 heteroatoms. The Balaban J connectivity index is 2.92. The molecular weight excluding hydrogens is 168 g/mol. The summed E-state index contributed by atoms with van der Waals surface area (Å²) in [6.07, 6.45) is 0.807. The van der Waals surface area contributed by atoms with E-state index in [-0.39, 0.29) is 11.9 Å². The number of amides is 3. The van der Waals surface area contributed by atoms with Gasteiger partial charge in [0.2, 0.25) is 0 Å². The van der Waals surface area contributed by atoms with E-state index in [2.05, 4.69) is 0 Å². The summed E-state index contributed by atoms with van der Waals surface area (Å²) in [6.45, 7) is 6.00. The molecule has 1 rings (SSSR count). The summed E-state index contributed by atoms with van der Waals surface area (Å²) in [6, 6.07) is -0.183. The summed E-state index contributed by atoms with van der Waals surface area (Å²) in [5.74, 6) is -0.0955. The molecule has 74 valence electrons. The van der Waals surface area contributed by atoms with Crippen LogP contribution < -0.4 is 0 Å². The highest BCUT2D eigenvalue weighted by atomic mass is 16.2. The number of carbonyl (C=O) groups excluding carboxylic acids is 2. The lowest BCUT2D eigenvalue weighted by atomic mass is 10.1. The molecule has 0 radical (unpaired) electrons. The van der Waals surface area contributed by atoms with Gasteiger partial charge < -0.3 is 4.90 Å². The van der Waals surface area contributed by atoms with Gasteiger partial charge in [0.15, 0.2) is 0 Å². The highest BCUT2D eigenvalue weighted by Gasteiger charge is 2.48. The molecule has 1 aliphatic rings. The fraction of sp³-hybridized carbons (Fsp3) is 0.778. The second-order valence-corrected chi connectivity index (χ2v) is 3.86. The lowest BCUT2D eigenvalue weighted by Gasteiger charge is -2.22. The van der Waals surface area contributed by atoms with Crippen molar-refractivity contribution in [3.8, 4) is 0 Å². The first-order valence-corrected chi connectivity index (χ1v) is 4.52. The summed E-state index contributed by atoms with van der Waals surface area (Å²) in [5.41, 5.74) is -0.674. The Bertz CT molecular complexity index is 248. The van der Waals surface area contributed by atoms with E-state index < -0.39 is 5.54 Å². The molecule has 0 aromatic rings. The van der Waals surface area contributed by atoms with Crippen LogP contribution >= 0.6 is 0 Å². The van der Waals surface area contributed by atoms with Crippen LogP contribution in [-0.4, -0.2) is 40.9 Å². The normalized spacial score (nSPS) is 21.5. The second kappa shape index (κ2) is 3.01. The van der Waals surface area contributed by atoms with Crippen molar-refractivity contribution >= 4 is 11.9 Å². The Kier molecular flexibility index (Phi) is 2.32. The highest BCUT2D eigenvalue weighted by Crippen LogP contribution is 2.25. The number of likely N-dealkylation sites (N-methyl/N-ethyl adjacent to an activating group) is 1. The standard InChI is InChI=1S/C9H16N2O2/c1-5-6-11-7(12)9(2,3)10(4)8(11)13/h5-6H2,1-4H3. The van der Waals surface area contributed by atoms with Crippen LogP contribution in [-0.2, 0) is 4.79 Å². The Morgan fingerprint density at radius 2 is 1.85 bits per heavy atom. The van der Waals surface area contributed by atoms with E-state index in [4.69, 9.17) is 0 Å². The lowest BCUT2D eigenvalue weighted by molar-refractivity contribution is -0.131. The molecule has 1 aliphatic heterocycles. The second-order valence-electron chi connectivity index (χ2n) is 3.86. The van der Waals surface area contributed by atoms with Crippen molar-refractivity contribution in [3.63, 3.8) is 0 Å². The van der Waals surface area contributed by atoms with Crippen LogP contribution in [0.1, 0.15) is 27.2 Å². The van der Waals surface area contributed by atoms with Gasteiger partial charge in [-0.15, -0.1) is 0 Å². The summed E-state index contributed by atoms with van der Waals surface area (Å²) >= 11 is 0. The van der Waals surface area contributed by atoms with E-state index in [1.54, 1.807) is 20.9 Å². The van der Waals surface area contributed by atoms with Crippen molar-refractivity contribution in [2.45, 2.75) is 32.7 Å². The van der Waals surface area contributed by atoms with Crippen LogP contribution in [0.4, 0.5) is 4.79 Å². The zero-order valence-corrected chi connectivity index (χ0v) is 8.63. The highest BCUT2D eigenvalue weighted by molar-refractivity contribution is 6.06. The molecule has 0 unspecified atom stereocenters. The minimum absolute atomic E-state index is 0.0955. The molecule has 1 saturated heterocycles. The molecule has 0 saturated carbocycles. The number of urea groups is 1. The van der Waals surface area contributed by atoms with E-state index in [9.17, 15) is 9.59 Å². The van der Waals surface area contributed by atoms with Crippen LogP contribution in [0.15, 0.2) is 0 Å². The number of nitrogens with zero attached hydrogens (tertiary/aromatic N) is 2. The van der Waals surface area contributed by atoms with Crippen molar-refractivity contribution < 1.29 is 9.59 Å². The molecule has 3 amide bonds. The molecule has 0 aliphatic carbocycles. The van der Waals surface area contributed by atoms with Gasteiger partial charge in [0.05, 0.1) is 0 Å². The summed E-state index contributed by atoms with van der Waals surface area (Å²) in [5, 5.41) is 0. The molecule has 0 atom stereocenters. The number of hydrogen-bond acceptors (Lipinski definition) is 2. The first-order chi connectivity index (χ1) is 5.92.